The minimum atomic E-state index is -0.277. The van der Waals surface area contributed by atoms with Crippen LogP contribution in [0.5, 0.6) is 0 Å². The summed E-state index contributed by atoms with van der Waals surface area (Å²) in [6.45, 7) is 6.44. The number of urea groups is 1. The summed E-state index contributed by atoms with van der Waals surface area (Å²) in [4.78, 5) is 19.2. The second-order valence-corrected chi connectivity index (χ2v) is 7.62. The fraction of sp³-hybridized carbons (Fsp3) is 0.409. The molecule has 142 valence electrons. The lowest BCUT2D eigenvalue weighted by atomic mass is 10.0. The average Bonchev–Trinajstić information content (AvgIpc) is 3.04. The fourth-order valence-corrected chi connectivity index (χ4v) is 4.25. The van der Waals surface area contributed by atoms with E-state index in [0.29, 0.717) is 6.54 Å². The Morgan fingerprint density at radius 2 is 1.89 bits per heavy atom. The van der Waals surface area contributed by atoms with Crippen LogP contribution in [0, 0.1) is 12.7 Å². The first-order valence-electron chi connectivity index (χ1n) is 9.72. The maximum atomic E-state index is 13.2. The molecule has 2 aromatic carbocycles. The lowest BCUT2D eigenvalue weighted by molar-refractivity contribution is 0.122. The number of halogens is 1. The molecule has 5 heteroatoms. The van der Waals surface area contributed by atoms with Crippen molar-refractivity contribution in [2.45, 2.75) is 32.4 Å². The number of benzene rings is 2. The van der Waals surface area contributed by atoms with Crippen molar-refractivity contribution in [3.05, 3.63) is 65.5 Å². The first-order chi connectivity index (χ1) is 13.1. The molecule has 0 saturated carbocycles. The monoisotopic (exact) mass is 367 g/mol. The Morgan fingerprint density at radius 1 is 1.07 bits per heavy atom. The summed E-state index contributed by atoms with van der Waals surface area (Å²) < 4.78 is 13.2. The van der Waals surface area contributed by atoms with Crippen molar-refractivity contribution in [1.82, 2.24) is 9.80 Å². The molecular weight excluding hydrogens is 341 g/mol. The largest absolute Gasteiger partial charge is 0.324 e. The minimum absolute atomic E-state index is 0.0454. The van der Waals surface area contributed by atoms with Crippen molar-refractivity contribution in [2.24, 2.45) is 0 Å². The molecule has 0 N–H and O–H groups in total. The Morgan fingerprint density at radius 3 is 2.67 bits per heavy atom. The van der Waals surface area contributed by atoms with Crippen LogP contribution in [-0.4, -0.2) is 48.1 Å². The molecular formula is C22H26FN3O. The van der Waals surface area contributed by atoms with Crippen molar-refractivity contribution in [3.63, 3.8) is 0 Å². The van der Waals surface area contributed by atoms with E-state index in [-0.39, 0.29) is 17.9 Å². The zero-order valence-corrected chi connectivity index (χ0v) is 15.8. The summed E-state index contributed by atoms with van der Waals surface area (Å²) in [7, 11) is 0. The second kappa shape index (κ2) is 7.69. The SMILES string of the molecule is Cc1cccc(CN2CCC[C@@H](N3CCN(c4ccc(F)cc4)C3=O)C2)c1. The molecule has 0 aliphatic carbocycles. The first kappa shape index (κ1) is 18.0. The van der Waals surface area contributed by atoms with Gasteiger partial charge < -0.3 is 4.90 Å². The summed E-state index contributed by atoms with van der Waals surface area (Å²) in [6, 6.07) is 15.1. The van der Waals surface area contributed by atoms with Crippen LogP contribution in [0.2, 0.25) is 0 Å². The van der Waals surface area contributed by atoms with Crippen LogP contribution in [0.4, 0.5) is 14.9 Å². The van der Waals surface area contributed by atoms with Crippen molar-refractivity contribution in [2.75, 3.05) is 31.1 Å². The van der Waals surface area contributed by atoms with Gasteiger partial charge in [-0.15, -0.1) is 0 Å². The number of hydrogen-bond acceptors (Lipinski definition) is 2. The molecule has 0 radical (unpaired) electrons. The minimum Gasteiger partial charge on any atom is -0.318 e. The normalized spacial score (nSPS) is 21.1. The van der Waals surface area contributed by atoms with E-state index < -0.39 is 0 Å². The van der Waals surface area contributed by atoms with Crippen molar-refractivity contribution in [1.29, 1.82) is 0 Å². The van der Waals surface area contributed by atoms with Gasteiger partial charge in [0.1, 0.15) is 5.82 Å². The smallest absolute Gasteiger partial charge is 0.318 e. The van der Waals surface area contributed by atoms with Crippen LogP contribution >= 0.6 is 0 Å². The second-order valence-electron chi connectivity index (χ2n) is 7.62. The highest BCUT2D eigenvalue weighted by molar-refractivity contribution is 5.94. The van der Waals surface area contributed by atoms with E-state index in [1.165, 1.54) is 23.3 Å². The molecule has 2 fully saturated rings. The molecule has 2 aliphatic rings. The zero-order valence-electron chi connectivity index (χ0n) is 15.8. The molecule has 2 aromatic rings. The van der Waals surface area contributed by atoms with Gasteiger partial charge in [0.05, 0.1) is 0 Å². The lowest BCUT2D eigenvalue weighted by Crippen LogP contribution is -2.49. The molecule has 2 aliphatic heterocycles. The highest BCUT2D eigenvalue weighted by Gasteiger charge is 2.36. The number of rotatable bonds is 4. The standard InChI is InChI=1S/C22H26FN3O/c1-17-4-2-5-18(14-17)15-24-11-3-6-21(16-24)26-13-12-25(22(26)27)20-9-7-19(23)8-10-20/h2,4-5,7-10,14,21H,3,6,11-13,15-16H2,1H3/t21-/m1/s1. The van der Waals surface area contributed by atoms with Gasteiger partial charge in [-0.05, 0) is 56.1 Å². The average molecular weight is 367 g/mol. The fourth-order valence-electron chi connectivity index (χ4n) is 4.25. The molecule has 4 nitrogen and oxygen atoms in total. The van der Waals surface area contributed by atoms with E-state index in [2.05, 4.69) is 36.1 Å². The highest BCUT2D eigenvalue weighted by Crippen LogP contribution is 2.26. The van der Waals surface area contributed by atoms with E-state index in [9.17, 15) is 9.18 Å². The maximum absolute atomic E-state index is 13.2. The number of amides is 2. The number of anilines is 1. The van der Waals surface area contributed by atoms with Crippen LogP contribution in [0.15, 0.2) is 48.5 Å². The number of piperidine rings is 1. The van der Waals surface area contributed by atoms with Crippen molar-refractivity contribution < 1.29 is 9.18 Å². The molecule has 0 spiro atoms. The van der Waals surface area contributed by atoms with Gasteiger partial charge in [-0.25, -0.2) is 9.18 Å². The molecule has 1 atom stereocenters. The molecule has 27 heavy (non-hydrogen) atoms. The van der Waals surface area contributed by atoms with Crippen LogP contribution < -0.4 is 4.90 Å². The van der Waals surface area contributed by atoms with Crippen LogP contribution in [0.25, 0.3) is 0 Å². The summed E-state index contributed by atoms with van der Waals surface area (Å²) in [6.07, 6.45) is 2.16. The molecule has 4 rings (SSSR count). The van der Waals surface area contributed by atoms with E-state index in [0.717, 1.165) is 44.7 Å². The third-order valence-corrected chi connectivity index (χ3v) is 5.59. The summed E-state index contributed by atoms with van der Waals surface area (Å²) in [5.74, 6) is -0.277. The molecule has 0 bridgehead atoms. The van der Waals surface area contributed by atoms with Gasteiger partial charge in [-0.1, -0.05) is 29.8 Å². The molecule has 0 aromatic heterocycles. The maximum Gasteiger partial charge on any atom is 0.324 e. The Hall–Kier alpha value is -2.40. The van der Waals surface area contributed by atoms with E-state index in [1.807, 2.05) is 4.90 Å². The highest BCUT2D eigenvalue weighted by atomic mass is 19.1. The predicted octanol–water partition coefficient (Wildman–Crippen LogP) is 4.04. The molecule has 2 amide bonds. The zero-order chi connectivity index (χ0) is 18.8. The van der Waals surface area contributed by atoms with Gasteiger partial charge in [0.25, 0.3) is 0 Å². The quantitative estimate of drug-likeness (QED) is 0.815. The van der Waals surface area contributed by atoms with Crippen molar-refractivity contribution in [3.8, 4) is 0 Å². The number of likely N-dealkylation sites (tertiary alicyclic amines) is 1. The third-order valence-electron chi connectivity index (χ3n) is 5.59. The number of carbonyl (C=O) groups excluding carboxylic acids is 1. The Balaban J connectivity index is 1.41. The number of aryl methyl sites for hydroxylation is 1. The van der Waals surface area contributed by atoms with E-state index >= 15 is 0 Å². The third kappa shape index (κ3) is 3.98. The van der Waals surface area contributed by atoms with Crippen LogP contribution in [0.1, 0.15) is 24.0 Å². The van der Waals surface area contributed by atoms with Gasteiger partial charge >= 0.3 is 6.03 Å². The number of nitrogens with zero attached hydrogens (tertiary/aromatic N) is 3. The Bertz CT molecular complexity index is 807. The van der Waals surface area contributed by atoms with Gasteiger partial charge in [0, 0.05) is 37.9 Å². The molecule has 2 saturated heterocycles. The van der Waals surface area contributed by atoms with Crippen LogP contribution in [0.3, 0.4) is 0 Å². The Labute approximate surface area is 160 Å². The van der Waals surface area contributed by atoms with Crippen LogP contribution in [-0.2, 0) is 6.54 Å². The van der Waals surface area contributed by atoms with Crippen molar-refractivity contribution >= 4 is 11.7 Å². The van der Waals surface area contributed by atoms with Gasteiger partial charge in [0.15, 0.2) is 0 Å². The van der Waals surface area contributed by atoms with E-state index in [4.69, 9.17) is 0 Å². The number of hydrogen-bond donors (Lipinski definition) is 0. The first-order valence-corrected chi connectivity index (χ1v) is 9.72. The molecule has 0 unspecified atom stereocenters. The van der Waals surface area contributed by atoms with Gasteiger partial charge in [0.2, 0.25) is 0 Å². The predicted molar refractivity (Wildman–Crippen MR) is 105 cm³/mol. The lowest BCUT2D eigenvalue weighted by Gasteiger charge is -2.37. The molecule has 2 heterocycles. The van der Waals surface area contributed by atoms with E-state index in [1.54, 1.807) is 17.0 Å². The van der Waals surface area contributed by atoms with Gasteiger partial charge in [-0.3, -0.25) is 9.80 Å². The van der Waals surface area contributed by atoms with Gasteiger partial charge in [-0.2, -0.15) is 0 Å². The summed E-state index contributed by atoms with van der Waals surface area (Å²) in [5, 5.41) is 0. The summed E-state index contributed by atoms with van der Waals surface area (Å²) in [5.41, 5.74) is 3.39. The number of carbonyl (C=O) groups is 1. The Kier molecular flexibility index (Phi) is 5.12. The summed E-state index contributed by atoms with van der Waals surface area (Å²) >= 11 is 0. The topological polar surface area (TPSA) is 26.8 Å².